The van der Waals surface area contributed by atoms with Gasteiger partial charge in [0, 0.05) is 5.92 Å². The highest BCUT2D eigenvalue weighted by Crippen LogP contribution is 2.13. The summed E-state index contributed by atoms with van der Waals surface area (Å²) >= 11 is 0. The number of rotatable bonds is 2. The zero-order valence-corrected chi connectivity index (χ0v) is 5.49. The van der Waals surface area contributed by atoms with E-state index in [1.165, 1.54) is 13.8 Å². The first-order valence-corrected chi connectivity index (χ1v) is 2.84. The van der Waals surface area contributed by atoms with Crippen LogP contribution >= 0.6 is 0 Å². The minimum absolute atomic E-state index is 0.463. The van der Waals surface area contributed by atoms with Crippen molar-refractivity contribution in [1.29, 1.82) is 0 Å². The zero-order valence-electron chi connectivity index (χ0n) is 5.49. The summed E-state index contributed by atoms with van der Waals surface area (Å²) < 4.78 is 24.2. The van der Waals surface area contributed by atoms with Gasteiger partial charge in [-0.1, -0.05) is 6.92 Å². The van der Waals surface area contributed by atoms with Crippen LogP contribution in [-0.2, 0) is 0 Å². The van der Waals surface area contributed by atoms with Gasteiger partial charge in [-0.2, -0.15) is 0 Å². The predicted molar refractivity (Wildman–Crippen MR) is 30.3 cm³/mol. The molecule has 0 fully saturated rings. The van der Waals surface area contributed by atoms with Crippen LogP contribution in [0.25, 0.3) is 0 Å². The van der Waals surface area contributed by atoms with Crippen LogP contribution < -0.4 is 0 Å². The summed E-state index contributed by atoms with van der Waals surface area (Å²) in [5, 5.41) is 0. The molecule has 0 spiro atoms. The van der Waals surface area contributed by atoms with Crippen molar-refractivity contribution in [3.63, 3.8) is 0 Å². The van der Waals surface area contributed by atoms with E-state index in [0.717, 1.165) is 0 Å². The molecule has 0 aliphatic heterocycles. The molecule has 0 aliphatic rings. The molecule has 8 heavy (non-hydrogen) atoms. The van der Waals surface area contributed by atoms with Gasteiger partial charge in [-0.05, 0) is 13.8 Å². The van der Waals surface area contributed by atoms with Crippen molar-refractivity contribution in [3.8, 4) is 0 Å². The van der Waals surface area contributed by atoms with E-state index in [1.807, 2.05) is 0 Å². The number of alkyl halides is 2. The van der Waals surface area contributed by atoms with Crippen LogP contribution in [-0.4, -0.2) is 12.3 Å². The maximum Gasteiger partial charge on any atom is 0.103 e. The van der Waals surface area contributed by atoms with Crippen molar-refractivity contribution in [2.24, 2.45) is 5.92 Å². The molecule has 0 amide bonds. The molecule has 0 aliphatic carbocycles. The number of hydrogen-bond donors (Lipinski definition) is 0. The van der Waals surface area contributed by atoms with E-state index in [4.69, 9.17) is 0 Å². The van der Waals surface area contributed by atoms with Crippen LogP contribution in [0.1, 0.15) is 20.8 Å². The second kappa shape index (κ2) is 3.00. The van der Waals surface area contributed by atoms with Gasteiger partial charge in [0.05, 0.1) is 0 Å². The highest BCUT2D eigenvalue weighted by molar-refractivity contribution is 4.64. The smallest absolute Gasteiger partial charge is 0.103 e. The average Bonchev–Trinajstić information content (AvgIpc) is 1.64. The van der Waals surface area contributed by atoms with E-state index in [1.54, 1.807) is 6.92 Å². The molecule has 2 heteroatoms. The molecule has 0 nitrogen and oxygen atoms in total. The molecular formula is C6H12F2. The lowest BCUT2D eigenvalue weighted by atomic mass is 10.0. The summed E-state index contributed by atoms with van der Waals surface area (Å²) in [6.07, 6.45) is -2.06. The predicted octanol–water partition coefficient (Wildman–Crippen LogP) is 2.34. The fourth-order valence-corrected chi connectivity index (χ4v) is 0.365. The highest BCUT2D eigenvalue weighted by atomic mass is 19.1. The fourth-order valence-electron chi connectivity index (χ4n) is 0.365. The van der Waals surface area contributed by atoms with E-state index >= 15 is 0 Å². The molecule has 2 unspecified atom stereocenters. The van der Waals surface area contributed by atoms with Gasteiger partial charge in [0.15, 0.2) is 0 Å². The Morgan fingerprint density at radius 2 is 1.12 bits per heavy atom. The summed E-state index contributed by atoms with van der Waals surface area (Å²) in [5.74, 6) is -0.463. The average molecular weight is 122 g/mol. The number of halogens is 2. The van der Waals surface area contributed by atoms with Gasteiger partial charge >= 0.3 is 0 Å². The monoisotopic (exact) mass is 122 g/mol. The van der Waals surface area contributed by atoms with Crippen LogP contribution in [0.5, 0.6) is 0 Å². The van der Waals surface area contributed by atoms with Crippen molar-refractivity contribution in [2.45, 2.75) is 33.1 Å². The van der Waals surface area contributed by atoms with Crippen LogP contribution in [0.15, 0.2) is 0 Å². The molecule has 2 atom stereocenters. The van der Waals surface area contributed by atoms with Gasteiger partial charge in [0.25, 0.3) is 0 Å². The van der Waals surface area contributed by atoms with Crippen molar-refractivity contribution in [3.05, 3.63) is 0 Å². The summed E-state index contributed by atoms with van der Waals surface area (Å²) in [5.41, 5.74) is 0. The fraction of sp³-hybridized carbons (Fsp3) is 1.00. The molecule has 0 N–H and O–H groups in total. The Morgan fingerprint density at radius 3 is 1.12 bits per heavy atom. The van der Waals surface area contributed by atoms with Crippen molar-refractivity contribution >= 4 is 0 Å². The van der Waals surface area contributed by atoms with E-state index < -0.39 is 18.3 Å². The second-order valence-corrected chi connectivity index (χ2v) is 2.21. The van der Waals surface area contributed by atoms with E-state index in [-0.39, 0.29) is 0 Å². The molecule has 0 aromatic rings. The molecule has 0 aromatic heterocycles. The maximum absolute atomic E-state index is 12.1. The van der Waals surface area contributed by atoms with Crippen molar-refractivity contribution in [1.82, 2.24) is 0 Å². The normalized spacial score (nSPS) is 22.1. The third-order valence-electron chi connectivity index (χ3n) is 1.45. The second-order valence-electron chi connectivity index (χ2n) is 2.21. The zero-order chi connectivity index (χ0) is 6.73. The van der Waals surface area contributed by atoms with Gasteiger partial charge in [0.1, 0.15) is 12.3 Å². The maximum atomic E-state index is 12.1. The van der Waals surface area contributed by atoms with Gasteiger partial charge in [-0.3, -0.25) is 0 Å². The first kappa shape index (κ1) is 7.86. The quantitative estimate of drug-likeness (QED) is 0.527. The summed E-state index contributed by atoms with van der Waals surface area (Å²) in [6.45, 7) is 4.32. The Bertz CT molecular complexity index is 51.5. The van der Waals surface area contributed by atoms with Gasteiger partial charge < -0.3 is 0 Å². The standard InChI is InChI=1S/C6H12F2/c1-4(5(2)7)6(3)8/h4-6H,1-3H3. The summed E-state index contributed by atoms with van der Waals surface area (Å²) in [6, 6.07) is 0. The largest absolute Gasteiger partial charge is 0.247 e. The van der Waals surface area contributed by atoms with E-state index in [2.05, 4.69) is 0 Å². The Hall–Kier alpha value is -0.140. The van der Waals surface area contributed by atoms with Crippen LogP contribution in [0.2, 0.25) is 0 Å². The van der Waals surface area contributed by atoms with Crippen LogP contribution in [0, 0.1) is 5.92 Å². The van der Waals surface area contributed by atoms with Gasteiger partial charge in [0.2, 0.25) is 0 Å². The molecule has 50 valence electrons. The van der Waals surface area contributed by atoms with E-state index in [0.29, 0.717) is 0 Å². The van der Waals surface area contributed by atoms with E-state index in [9.17, 15) is 8.78 Å². The molecule has 0 saturated carbocycles. The Labute approximate surface area is 48.9 Å². The lowest BCUT2D eigenvalue weighted by Crippen LogP contribution is -2.17. The molecule has 0 rings (SSSR count). The highest BCUT2D eigenvalue weighted by Gasteiger charge is 2.16. The SMILES string of the molecule is CC(F)C(C)C(C)F. The summed E-state index contributed by atoms with van der Waals surface area (Å²) in [4.78, 5) is 0. The number of hydrogen-bond acceptors (Lipinski definition) is 0. The van der Waals surface area contributed by atoms with Gasteiger partial charge in [-0.25, -0.2) is 8.78 Å². The molecule has 0 aromatic carbocycles. The molecule has 0 bridgehead atoms. The topological polar surface area (TPSA) is 0 Å². The minimum Gasteiger partial charge on any atom is -0.247 e. The molecule has 0 saturated heterocycles. The lowest BCUT2D eigenvalue weighted by molar-refractivity contribution is 0.163. The molecule has 0 radical (unpaired) electrons. The Morgan fingerprint density at radius 1 is 0.875 bits per heavy atom. The van der Waals surface area contributed by atoms with Gasteiger partial charge in [-0.15, -0.1) is 0 Å². The van der Waals surface area contributed by atoms with Crippen molar-refractivity contribution in [2.75, 3.05) is 0 Å². The van der Waals surface area contributed by atoms with Crippen LogP contribution in [0.4, 0.5) is 8.78 Å². The molecule has 0 heterocycles. The van der Waals surface area contributed by atoms with Crippen molar-refractivity contribution < 1.29 is 8.78 Å². The Balaban J connectivity index is 3.46. The minimum atomic E-state index is -1.03. The Kier molecular flexibility index (Phi) is 2.95. The first-order valence-electron chi connectivity index (χ1n) is 2.84. The third kappa shape index (κ3) is 2.24. The molecular weight excluding hydrogens is 110 g/mol. The first-order chi connectivity index (χ1) is 3.55. The lowest BCUT2D eigenvalue weighted by Gasteiger charge is -2.12. The third-order valence-corrected chi connectivity index (χ3v) is 1.45. The summed E-state index contributed by atoms with van der Waals surface area (Å²) in [7, 11) is 0. The van der Waals surface area contributed by atoms with Crippen LogP contribution in [0.3, 0.4) is 0 Å².